The van der Waals surface area contributed by atoms with E-state index in [1.807, 2.05) is 17.9 Å². The van der Waals surface area contributed by atoms with E-state index in [1.54, 1.807) is 12.1 Å². The lowest BCUT2D eigenvalue weighted by Crippen LogP contribution is -2.23. The SMILES string of the molecule is CCN(CCC#N)c1ccc(/C=C/C(=O)O)c(Cl)c1. The molecule has 0 aliphatic carbocycles. The molecule has 5 heteroatoms. The Hall–Kier alpha value is -1.99. The van der Waals surface area contributed by atoms with Gasteiger partial charge in [-0.05, 0) is 30.7 Å². The van der Waals surface area contributed by atoms with Gasteiger partial charge in [-0.1, -0.05) is 17.7 Å². The Kier molecular flexibility index (Phi) is 5.91. The molecule has 0 unspecified atom stereocenters. The van der Waals surface area contributed by atoms with Gasteiger partial charge in [0.25, 0.3) is 0 Å². The summed E-state index contributed by atoms with van der Waals surface area (Å²) in [6, 6.07) is 7.53. The van der Waals surface area contributed by atoms with Crippen molar-refractivity contribution in [2.75, 3.05) is 18.0 Å². The minimum absolute atomic E-state index is 0.451. The first kappa shape index (κ1) is 15.1. The van der Waals surface area contributed by atoms with Crippen molar-refractivity contribution in [3.63, 3.8) is 0 Å². The van der Waals surface area contributed by atoms with Gasteiger partial charge in [0.1, 0.15) is 0 Å². The third kappa shape index (κ3) is 4.65. The van der Waals surface area contributed by atoms with Crippen LogP contribution < -0.4 is 4.90 Å². The molecule has 0 bridgehead atoms. The van der Waals surface area contributed by atoms with E-state index in [1.165, 1.54) is 6.08 Å². The number of carbonyl (C=O) groups is 1. The predicted octanol–water partition coefficient (Wildman–Crippen LogP) is 3.18. The van der Waals surface area contributed by atoms with Crippen LogP contribution in [0.2, 0.25) is 5.02 Å². The van der Waals surface area contributed by atoms with E-state index < -0.39 is 5.97 Å². The van der Waals surface area contributed by atoms with Gasteiger partial charge in [-0.2, -0.15) is 5.26 Å². The number of carboxylic acid groups (broad SMARTS) is 1. The lowest BCUT2D eigenvalue weighted by Gasteiger charge is -2.22. The summed E-state index contributed by atoms with van der Waals surface area (Å²) in [6.07, 6.45) is 2.96. The Balaban J connectivity index is 2.92. The van der Waals surface area contributed by atoms with E-state index in [2.05, 4.69) is 6.07 Å². The molecular weight excluding hydrogens is 264 g/mol. The molecule has 0 aliphatic rings. The largest absolute Gasteiger partial charge is 0.478 e. The summed E-state index contributed by atoms with van der Waals surface area (Å²) in [6.45, 7) is 3.43. The fourth-order valence-electron chi connectivity index (χ4n) is 1.66. The quantitative estimate of drug-likeness (QED) is 0.812. The molecule has 0 saturated heterocycles. The molecule has 1 aromatic carbocycles. The fraction of sp³-hybridized carbons (Fsp3) is 0.286. The van der Waals surface area contributed by atoms with Gasteiger partial charge in [0.2, 0.25) is 0 Å². The molecular formula is C14H15ClN2O2. The summed E-state index contributed by atoms with van der Waals surface area (Å²) in [7, 11) is 0. The molecule has 19 heavy (non-hydrogen) atoms. The van der Waals surface area contributed by atoms with Gasteiger partial charge < -0.3 is 10.0 Å². The van der Waals surface area contributed by atoms with Crippen molar-refractivity contribution >= 4 is 29.3 Å². The highest BCUT2D eigenvalue weighted by atomic mass is 35.5. The Morgan fingerprint density at radius 3 is 2.84 bits per heavy atom. The van der Waals surface area contributed by atoms with Gasteiger partial charge in [0, 0.05) is 29.9 Å². The average Bonchev–Trinajstić information content (AvgIpc) is 2.38. The molecule has 0 amide bonds. The van der Waals surface area contributed by atoms with Gasteiger partial charge >= 0.3 is 5.97 Å². The monoisotopic (exact) mass is 278 g/mol. The van der Waals surface area contributed by atoms with Crippen molar-refractivity contribution in [1.29, 1.82) is 5.26 Å². The zero-order valence-corrected chi connectivity index (χ0v) is 11.4. The second-order valence-electron chi connectivity index (χ2n) is 3.87. The standard InChI is InChI=1S/C14H15ClN2O2/c1-2-17(9-3-8-16)12-6-4-11(13(15)10-12)5-7-14(18)19/h4-7,10H,2-3,9H2,1H3,(H,18,19)/b7-5+. The first-order valence-electron chi connectivity index (χ1n) is 5.91. The molecule has 1 N–H and O–H groups in total. The van der Waals surface area contributed by atoms with Crippen LogP contribution in [0.25, 0.3) is 6.08 Å². The summed E-state index contributed by atoms with van der Waals surface area (Å²) in [4.78, 5) is 12.5. The Bertz CT molecular complexity index is 521. The van der Waals surface area contributed by atoms with Crippen LogP contribution in [-0.2, 0) is 4.79 Å². The maximum Gasteiger partial charge on any atom is 0.328 e. The van der Waals surface area contributed by atoms with Gasteiger partial charge in [-0.3, -0.25) is 0 Å². The van der Waals surface area contributed by atoms with Crippen molar-refractivity contribution in [3.05, 3.63) is 34.9 Å². The third-order valence-corrected chi connectivity index (χ3v) is 2.96. The number of hydrogen-bond donors (Lipinski definition) is 1. The molecule has 0 aromatic heterocycles. The number of benzene rings is 1. The zero-order chi connectivity index (χ0) is 14.3. The summed E-state index contributed by atoms with van der Waals surface area (Å²) in [5.74, 6) is -1.01. The first-order valence-corrected chi connectivity index (χ1v) is 6.28. The highest BCUT2D eigenvalue weighted by molar-refractivity contribution is 6.32. The molecule has 0 saturated carbocycles. The van der Waals surface area contributed by atoms with Crippen molar-refractivity contribution < 1.29 is 9.90 Å². The molecule has 1 aromatic rings. The Labute approximate surface area is 117 Å². The van der Waals surface area contributed by atoms with Gasteiger partial charge in [-0.25, -0.2) is 4.79 Å². The highest BCUT2D eigenvalue weighted by Crippen LogP contribution is 2.24. The average molecular weight is 279 g/mol. The van der Waals surface area contributed by atoms with Crippen LogP contribution in [0.1, 0.15) is 18.9 Å². The second-order valence-corrected chi connectivity index (χ2v) is 4.27. The van der Waals surface area contributed by atoms with E-state index in [4.69, 9.17) is 22.0 Å². The first-order chi connectivity index (χ1) is 9.08. The van der Waals surface area contributed by atoms with Gasteiger partial charge in [0.15, 0.2) is 0 Å². The smallest absolute Gasteiger partial charge is 0.328 e. The van der Waals surface area contributed by atoms with Gasteiger partial charge in [0.05, 0.1) is 12.5 Å². The van der Waals surface area contributed by atoms with Crippen molar-refractivity contribution in [2.45, 2.75) is 13.3 Å². The molecule has 0 atom stereocenters. The topological polar surface area (TPSA) is 64.3 Å². The zero-order valence-electron chi connectivity index (χ0n) is 10.6. The number of halogens is 1. The lowest BCUT2D eigenvalue weighted by molar-refractivity contribution is -0.131. The maximum atomic E-state index is 10.5. The van der Waals surface area contributed by atoms with E-state index >= 15 is 0 Å². The number of rotatable bonds is 6. The summed E-state index contributed by atoms with van der Waals surface area (Å²) in [5.41, 5.74) is 1.58. The predicted molar refractivity (Wildman–Crippen MR) is 76.2 cm³/mol. The second kappa shape index (κ2) is 7.45. The summed E-state index contributed by atoms with van der Waals surface area (Å²) >= 11 is 6.11. The minimum atomic E-state index is -1.01. The van der Waals surface area contributed by atoms with Crippen LogP contribution in [0.4, 0.5) is 5.69 Å². The molecule has 100 valence electrons. The number of carboxylic acids is 1. The van der Waals surface area contributed by atoms with Crippen LogP contribution in [0, 0.1) is 11.3 Å². The molecule has 1 rings (SSSR count). The lowest BCUT2D eigenvalue weighted by atomic mass is 10.1. The van der Waals surface area contributed by atoms with E-state index in [-0.39, 0.29) is 0 Å². The third-order valence-electron chi connectivity index (χ3n) is 2.63. The van der Waals surface area contributed by atoms with Crippen molar-refractivity contribution in [1.82, 2.24) is 0 Å². The van der Waals surface area contributed by atoms with Crippen LogP contribution in [0.15, 0.2) is 24.3 Å². The van der Waals surface area contributed by atoms with Gasteiger partial charge in [-0.15, -0.1) is 0 Å². The van der Waals surface area contributed by atoms with Crippen LogP contribution in [0.5, 0.6) is 0 Å². The molecule has 0 aliphatic heterocycles. The molecule has 0 heterocycles. The molecule has 0 fully saturated rings. The number of anilines is 1. The van der Waals surface area contributed by atoms with Crippen molar-refractivity contribution in [2.24, 2.45) is 0 Å². The Morgan fingerprint density at radius 2 is 2.32 bits per heavy atom. The normalized spacial score (nSPS) is 10.4. The van der Waals surface area contributed by atoms with Crippen LogP contribution >= 0.6 is 11.6 Å². The maximum absolute atomic E-state index is 10.5. The summed E-state index contributed by atoms with van der Waals surface area (Å²) in [5, 5.41) is 17.7. The van der Waals surface area contributed by atoms with E-state index in [9.17, 15) is 4.79 Å². The molecule has 0 spiro atoms. The number of nitriles is 1. The number of aliphatic carboxylic acids is 1. The van der Waals surface area contributed by atoms with Crippen molar-refractivity contribution in [3.8, 4) is 6.07 Å². The van der Waals surface area contributed by atoms with E-state index in [0.717, 1.165) is 18.3 Å². The van der Waals surface area contributed by atoms with Crippen LogP contribution in [-0.4, -0.2) is 24.2 Å². The van der Waals surface area contributed by atoms with E-state index in [0.29, 0.717) is 23.6 Å². The number of nitrogens with zero attached hydrogens (tertiary/aromatic N) is 2. The molecule has 4 nitrogen and oxygen atoms in total. The minimum Gasteiger partial charge on any atom is -0.478 e. The highest BCUT2D eigenvalue weighted by Gasteiger charge is 2.06. The molecule has 0 radical (unpaired) electrons. The van der Waals surface area contributed by atoms with Crippen LogP contribution in [0.3, 0.4) is 0 Å². The fourth-order valence-corrected chi connectivity index (χ4v) is 1.90. The summed E-state index contributed by atoms with van der Waals surface area (Å²) < 4.78 is 0. The number of hydrogen-bond acceptors (Lipinski definition) is 3. The Morgan fingerprint density at radius 1 is 1.58 bits per heavy atom.